The largest absolute Gasteiger partial charge is 0.496 e. The van der Waals surface area contributed by atoms with Crippen LogP contribution >= 0.6 is 0 Å². The van der Waals surface area contributed by atoms with Gasteiger partial charge in [-0.15, -0.1) is 0 Å². The topological polar surface area (TPSA) is 58.6 Å². The number of nitrogens with zero attached hydrogens (tertiary/aromatic N) is 1. The molecule has 1 N–H and O–H groups in total. The molecule has 1 aromatic rings. The summed E-state index contributed by atoms with van der Waals surface area (Å²) in [5.41, 5.74) is 0.847. The summed E-state index contributed by atoms with van der Waals surface area (Å²) in [6.07, 6.45) is 0. The Labute approximate surface area is 128 Å². The molecule has 0 aliphatic rings. The summed E-state index contributed by atoms with van der Waals surface area (Å²) in [7, 11) is -1.88. The fraction of sp³-hybridized carbons (Fsp3) is 0.600. The number of hydrogen-bond donors (Lipinski definition) is 1. The second kappa shape index (κ2) is 7.77. The summed E-state index contributed by atoms with van der Waals surface area (Å²) in [4.78, 5) is 0.312. The third kappa shape index (κ3) is 4.18. The molecule has 0 bridgehead atoms. The lowest BCUT2D eigenvalue weighted by Gasteiger charge is -2.24. The van der Waals surface area contributed by atoms with E-state index in [1.165, 1.54) is 4.31 Å². The van der Waals surface area contributed by atoms with Crippen LogP contribution in [0.15, 0.2) is 23.1 Å². The van der Waals surface area contributed by atoms with Gasteiger partial charge in [0.05, 0.1) is 12.0 Å². The van der Waals surface area contributed by atoms with E-state index in [1.807, 2.05) is 27.7 Å². The van der Waals surface area contributed by atoms with E-state index < -0.39 is 10.0 Å². The maximum absolute atomic E-state index is 12.7. The minimum Gasteiger partial charge on any atom is -0.496 e. The molecule has 21 heavy (non-hydrogen) atoms. The van der Waals surface area contributed by atoms with Crippen LogP contribution in [0.1, 0.15) is 33.3 Å². The third-order valence-corrected chi connectivity index (χ3v) is 5.46. The fourth-order valence-corrected chi connectivity index (χ4v) is 3.96. The number of hydrogen-bond acceptors (Lipinski definition) is 4. The first-order chi connectivity index (χ1) is 9.88. The molecule has 0 amide bonds. The molecule has 5 nitrogen and oxygen atoms in total. The van der Waals surface area contributed by atoms with Crippen LogP contribution in [0.4, 0.5) is 0 Å². The van der Waals surface area contributed by atoms with Crippen molar-refractivity contribution in [2.24, 2.45) is 0 Å². The van der Waals surface area contributed by atoms with E-state index in [1.54, 1.807) is 25.3 Å². The molecule has 0 heterocycles. The van der Waals surface area contributed by atoms with Crippen molar-refractivity contribution in [1.29, 1.82) is 0 Å². The van der Waals surface area contributed by atoms with Gasteiger partial charge in [0.25, 0.3) is 0 Å². The molecule has 0 aromatic heterocycles. The monoisotopic (exact) mass is 314 g/mol. The molecular formula is C15H26N2O3S. The van der Waals surface area contributed by atoms with E-state index in [9.17, 15) is 8.42 Å². The highest BCUT2D eigenvalue weighted by Crippen LogP contribution is 2.25. The smallest absolute Gasteiger partial charge is 0.243 e. The lowest BCUT2D eigenvalue weighted by molar-refractivity contribution is 0.369. The maximum Gasteiger partial charge on any atom is 0.243 e. The van der Waals surface area contributed by atoms with Crippen LogP contribution in [0, 0.1) is 0 Å². The van der Waals surface area contributed by atoms with Gasteiger partial charge in [0, 0.05) is 24.7 Å². The van der Waals surface area contributed by atoms with Gasteiger partial charge in [-0.25, -0.2) is 8.42 Å². The molecular weight excluding hydrogens is 288 g/mol. The van der Waals surface area contributed by atoms with Gasteiger partial charge < -0.3 is 10.1 Å². The number of rotatable bonds is 8. The van der Waals surface area contributed by atoms with Crippen LogP contribution < -0.4 is 10.1 Å². The van der Waals surface area contributed by atoms with Crippen LogP contribution in [0.25, 0.3) is 0 Å². The zero-order chi connectivity index (χ0) is 16.0. The summed E-state index contributed by atoms with van der Waals surface area (Å²) < 4.78 is 32.2. The Morgan fingerprint density at radius 1 is 1.29 bits per heavy atom. The van der Waals surface area contributed by atoms with Gasteiger partial charge in [0.1, 0.15) is 5.75 Å². The number of nitrogens with one attached hydrogen (secondary N) is 1. The fourth-order valence-electron chi connectivity index (χ4n) is 2.26. The molecule has 0 aliphatic carbocycles. The first-order valence-electron chi connectivity index (χ1n) is 7.27. The Balaban J connectivity index is 3.24. The Morgan fingerprint density at radius 3 is 2.43 bits per heavy atom. The number of benzene rings is 1. The van der Waals surface area contributed by atoms with Crippen molar-refractivity contribution in [2.75, 3.05) is 20.2 Å². The minimum atomic E-state index is -3.47. The standard InChI is InChI=1S/C15H26N2O3S/c1-6-16-11-13-10-14(8-9-15(13)20-5)21(18,19)17(7-2)12(3)4/h8-10,12,16H,6-7,11H2,1-5H3. The van der Waals surface area contributed by atoms with Crippen molar-refractivity contribution < 1.29 is 13.2 Å². The summed E-state index contributed by atoms with van der Waals surface area (Å²) in [6.45, 7) is 9.46. The van der Waals surface area contributed by atoms with Gasteiger partial charge in [-0.2, -0.15) is 4.31 Å². The summed E-state index contributed by atoms with van der Waals surface area (Å²) in [5, 5.41) is 3.20. The molecule has 120 valence electrons. The first-order valence-corrected chi connectivity index (χ1v) is 8.71. The predicted molar refractivity (Wildman–Crippen MR) is 85.1 cm³/mol. The Hall–Kier alpha value is -1.11. The lowest BCUT2D eigenvalue weighted by atomic mass is 10.2. The average Bonchev–Trinajstić information content (AvgIpc) is 2.44. The van der Waals surface area contributed by atoms with E-state index in [0.29, 0.717) is 23.7 Å². The molecule has 1 rings (SSSR count). The van der Waals surface area contributed by atoms with Gasteiger partial charge in [-0.05, 0) is 38.6 Å². The molecule has 0 fully saturated rings. The van der Waals surface area contributed by atoms with Crippen LogP contribution in [0.2, 0.25) is 0 Å². The highest BCUT2D eigenvalue weighted by Gasteiger charge is 2.26. The lowest BCUT2D eigenvalue weighted by Crippen LogP contribution is -2.36. The summed E-state index contributed by atoms with van der Waals surface area (Å²) >= 11 is 0. The summed E-state index contributed by atoms with van der Waals surface area (Å²) in [5.74, 6) is 0.697. The molecule has 0 spiro atoms. The molecule has 0 radical (unpaired) electrons. The van der Waals surface area contributed by atoms with Crippen molar-refractivity contribution in [1.82, 2.24) is 9.62 Å². The zero-order valence-electron chi connectivity index (χ0n) is 13.5. The number of ether oxygens (including phenoxy) is 1. The van der Waals surface area contributed by atoms with Gasteiger partial charge in [0.2, 0.25) is 10.0 Å². The first kappa shape index (κ1) is 17.9. The third-order valence-electron chi connectivity index (χ3n) is 3.31. The van der Waals surface area contributed by atoms with E-state index in [4.69, 9.17) is 4.74 Å². The molecule has 0 saturated heterocycles. The Kier molecular flexibility index (Phi) is 6.64. The summed E-state index contributed by atoms with van der Waals surface area (Å²) in [6, 6.07) is 4.95. The average molecular weight is 314 g/mol. The van der Waals surface area contributed by atoms with Crippen molar-refractivity contribution in [3.05, 3.63) is 23.8 Å². The van der Waals surface area contributed by atoms with Crippen molar-refractivity contribution in [2.45, 2.75) is 45.2 Å². The van der Waals surface area contributed by atoms with Crippen molar-refractivity contribution in [3.63, 3.8) is 0 Å². The van der Waals surface area contributed by atoms with Crippen LogP contribution in [0.5, 0.6) is 5.75 Å². The normalized spacial score (nSPS) is 12.1. The zero-order valence-corrected chi connectivity index (χ0v) is 14.3. The van der Waals surface area contributed by atoms with E-state index in [2.05, 4.69) is 5.32 Å². The molecule has 0 aliphatic heterocycles. The molecule has 0 unspecified atom stereocenters. The Bertz CT molecular complexity index is 556. The van der Waals surface area contributed by atoms with E-state index >= 15 is 0 Å². The SMILES string of the molecule is CCNCc1cc(S(=O)(=O)N(CC)C(C)C)ccc1OC. The molecule has 0 atom stereocenters. The Morgan fingerprint density at radius 2 is 1.95 bits per heavy atom. The van der Waals surface area contributed by atoms with Gasteiger partial charge >= 0.3 is 0 Å². The molecule has 6 heteroatoms. The van der Waals surface area contributed by atoms with Crippen LogP contribution in [-0.2, 0) is 16.6 Å². The van der Waals surface area contributed by atoms with E-state index in [0.717, 1.165) is 12.1 Å². The van der Waals surface area contributed by atoms with Gasteiger partial charge in [-0.3, -0.25) is 0 Å². The van der Waals surface area contributed by atoms with Crippen LogP contribution in [0.3, 0.4) is 0 Å². The highest BCUT2D eigenvalue weighted by atomic mass is 32.2. The van der Waals surface area contributed by atoms with Crippen molar-refractivity contribution in [3.8, 4) is 5.75 Å². The maximum atomic E-state index is 12.7. The van der Waals surface area contributed by atoms with Crippen molar-refractivity contribution >= 4 is 10.0 Å². The molecule has 1 aromatic carbocycles. The second-order valence-corrected chi connectivity index (χ2v) is 6.95. The van der Waals surface area contributed by atoms with Gasteiger partial charge in [-0.1, -0.05) is 13.8 Å². The van der Waals surface area contributed by atoms with Gasteiger partial charge in [0.15, 0.2) is 0 Å². The number of sulfonamides is 1. The number of methoxy groups -OCH3 is 1. The predicted octanol–water partition coefficient (Wildman–Crippen LogP) is 2.22. The molecule has 0 saturated carbocycles. The quantitative estimate of drug-likeness (QED) is 0.799. The minimum absolute atomic E-state index is 0.0701. The van der Waals surface area contributed by atoms with Crippen LogP contribution in [-0.4, -0.2) is 39.0 Å². The van der Waals surface area contributed by atoms with E-state index in [-0.39, 0.29) is 6.04 Å². The second-order valence-electron chi connectivity index (χ2n) is 5.06. The highest BCUT2D eigenvalue weighted by molar-refractivity contribution is 7.89.